The fraction of sp³-hybridized carbons (Fsp3) is 0.556. The lowest BCUT2D eigenvalue weighted by molar-refractivity contribution is 0.0507. The number of aliphatic hydroxyl groups excluding tert-OH is 3. The van der Waals surface area contributed by atoms with Crippen molar-refractivity contribution in [2.45, 2.75) is 31.7 Å². The molecule has 1 rings (SSSR count). The maximum Gasteiger partial charge on any atom is 0.107 e. The molecule has 0 aliphatic heterocycles. The number of rotatable bonds is 2. The maximum absolute atomic E-state index is 9.41. The van der Waals surface area contributed by atoms with Gasteiger partial charge in [0.15, 0.2) is 0 Å². The molecule has 0 aromatic rings. The van der Waals surface area contributed by atoms with Crippen molar-refractivity contribution in [3.05, 3.63) is 23.8 Å². The van der Waals surface area contributed by atoms with Crippen LogP contribution in [0.5, 0.6) is 0 Å². The molecular weight excluding hydrogens is 156 g/mol. The van der Waals surface area contributed by atoms with Crippen LogP contribution in [-0.4, -0.2) is 33.6 Å². The second kappa shape index (κ2) is 3.85. The Morgan fingerprint density at radius 2 is 2.17 bits per heavy atom. The van der Waals surface area contributed by atoms with Crippen molar-refractivity contribution in [3.63, 3.8) is 0 Å². The van der Waals surface area contributed by atoms with Crippen molar-refractivity contribution in [1.82, 2.24) is 0 Å². The molecule has 0 amide bonds. The van der Waals surface area contributed by atoms with Gasteiger partial charge in [-0.1, -0.05) is 25.2 Å². The van der Waals surface area contributed by atoms with Gasteiger partial charge in [-0.15, -0.1) is 0 Å². The summed E-state index contributed by atoms with van der Waals surface area (Å²) in [6, 6.07) is 0. The highest BCUT2D eigenvalue weighted by atomic mass is 16.3. The highest BCUT2D eigenvalue weighted by molar-refractivity contribution is 5.27. The summed E-state index contributed by atoms with van der Waals surface area (Å²) in [7, 11) is 0. The Balaban J connectivity index is 2.75. The summed E-state index contributed by atoms with van der Waals surface area (Å²) in [6.45, 7) is 1.82. The van der Waals surface area contributed by atoms with Gasteiger partial charge in [0.25, 0.3) is 0 Å². The Labute approximate surface area is 71.7 Å². The minimum Gasteiger partial charge on any atom is -0.389 e. The third-order valence-corrected chi connectivity index (χ3v) is 2.03. The van der Waals surface area contributed by atoms with Crippen molar-refractivity contribution in [2.24, 2.45) is 0 Å². The molecule has 3 heteroatoms. The molecule has 1 aliphatic rings. The predicted octanol–water partition coefficient (Wildman–Crippen LogP) is -0.0247. The van der Waals surface area contributed by atoms with Crippen molar-refractivity contribution >= 4 is 0 Å². The second-order valence-electron chi connectivity index (χ2n) is 2.91. The first-order chi connectivity index (χ1) is 5.66. The van der Waals surface area contributed by atoms with E-state index in [1.165, 1.54) is 6.08 Å². The molecule has 3 N–H and O–H groups in total. The molecule has 1 aliphatic carbocycles. The normalized spacial score (nSPS) is 31.5. The Morgan fingerprint density at radius 1 is 1.50 bits per heavy atom. The van der Waals surface area contributed by atoms with E-state index in [0.29, 0.717) is 12.0 Å². The molecule has 0 spiro atoms. The molecule has 0 heterocycles. The molecule has 0 aromatic carbocycles. The fourth-order valence-electron chi connectivity index (χ4n) is 1.23. The molecule has 0 radical (unpaired) electrons. The number of hydrogen-bond donors (Lipinski definition) is 3. The number of allylic oxidation sites excluding steroid dienone is 2. The molecular formula is C9H14O3. The van der Waals surface area contributed by atoms with E-state index in [1.807, 2.05) is 6.92 Å². The average molecular weight is 170 g/mol. The summed E-state index contributed by atoms with van der Waals surface area (Å²) in [6.07, 6.45) is 2.84. The van der Waals surface area contributed by atoms with Crippen LogP contribution in [0.1, 0.15) is 13.3 Å². The molecule has 0 bridgehead atoms. The van der Waals surface area contributed by atoms with Crippen LogP contribution in [0.2, 0.25) is 0 Å². The molecule has 0 aromatic heterocycles. The lowest BCUT2D eigenvalue weighted by Crippen LogP contribution is -2.33. The van der Waals surface area contributed by atoms with Crippen molar-refractivity contribution in [1.29, 1.82) is 0 Å². The zero-order valence-electron chi connectivity index (χ0n) is 7.01. The molecule has 3 atom stereocenters. The number of aliphatic hydroxyl groups is 3. The molecule has 0 unspecified atom stereocenters. The van der Waals surface area contributed by atoms with Gasteiger partial charge in [-0.3, -0.25) is 0 Å². The lowest BCUT2D eigenvalue weighted by atomic mass is 9.94. The van der Waals surface area contributed by atoms with Crippen LogP contribution >= 0.6 is 0 Å². The van der Waals surface area contributed by atoms with Crippen LogP contribution in [0.25, 0.3) is 0 Å². The van der Waals surface area contributed by atoms with E-state index in [2.05, 4.69) is 0 Å². The minimum atomic E-state index is -0.954. The molecule has 0 saturated carbocycles. The first-order valence-electron chi connectivity index (χ1n) is 4.09. The average Bonchev–Trinajstić information content (AvgIpc) is 2.08. The zero-order chi connectivity index (χ0) is 9.14. The number of hydrogen-bond acceptors (Lipinski definition) is 3. The van der Waals surface area contributed by atoms with Crippen molar-refractivity contribution in [2.75, 3.05) is 0 Å². The van der Waals surface area contributed by atoms with E-state index in [9.17, 15) is 15.3 Å². The Hall–Kier alpha value is -0.640. The van der Waals surface area contributed by atoms with Crippen LogP contribution in [0.3, 0.4) is 0 Å². The standard InChI is InChI=1S/C9H14O3/c1-2-7(10)6-4-3-5-8(11)9(6)12/h3-5,7-12H,2H2,1H3/t7-,8-,9+/m0/s1. The summed E-state index contributed by atoms with van der Waals surface area (Å²) < 4.78 is 0. The van der Waals surface area contributed by atoms with Gasteiger partial charge in [0, 0.05) is 0 Å². The van der Waals surface area contributed by atoms with E-state index >= 15 is 0 Å². The Bertz CT molecular complexity index is 208. The topological polar surface area (TPSA) is 60.7 Å². The van der Waals surface area contributed by atoms with E-state index in [1.54, 1.807) is 12.2 Å². The van der Waals surface area contributed by atoms with Gasteiger partial charge in [-0.05, 0) is 12.0 Å². The van der Waals surface area contributed by atoms with Crippen molar-refractivity contribution in [3.8, 4) is 0 Å². The van der Waals surface area contributed by atoms with Gasteiger partial charge in [-0.25, -0.2) is 0 Å². The molecule has 68 valence electrons. The van der Waals surface area contributed by atoms with Gasteiger partial charge >= 0.3 is 0 Å². The van der Waals surface area contributed by atoms with Crippen LogP contribution < -0.4 is 0 Å². The van der Waals surface area contributed by atoms with E-state index in [0.717, 1.165) is 0 Å². The Morgan fingerprint density at radius 3 is 2.75 bits per heavy atom. The van der Waals surface area contributed by atoms with E-state index in [-0.39, 0.29) is 0 Å². The van der Waals surface area contributed by atoms with Gasteiger partial charge in [0.1, 0.15) is 12.2 Å². The highest BCUT2D eigenvalue weighted by Gasteiger charge is 2.24. The second-order valence-corrected chi connectivity index (χ2v) is 2.91. The van der Waals surface area contributed by atoms with Crippen LogP contribution in [0.4, 0.5) is 0 Å². The summed E-state index contributed by atoms with van der Waals surface area (Å²) >= 11 is 0. The van der Waals surface area contributed by atoms with Crippen LogP contribution in [0.15, 0.2) is 23.8 Å². The summed E-state index contributed by atoms with van der Waals surface area (Å²) in [5.74, 6) is 0. The van der Waals surface area contributed by atoms with Gasteiger partial charge in [0.2, 0.25) is 0 Å². The predicted molar refractivity (Wildman–Crippen MR) is 45.5 cm³/mol. The van der Waals surface area contributed by atoms with Gasteiger partial charge in [-0.2, -0.15) is 0 Å². The monoisotopic (exact) mass is 170 g/mol. The fourth-order valence-corrected chi connectivity index (χ4v) is 1.23. The molecule has 0 saturated heterocycles. The smallest absolute Gasteiger partial charge is 0.107 e. The third kappa shape index (κ3) is 1.75. The molecule has 0 fully saturated rings. The van der Waals surface area contributed by atoms with Gasteiger partial charge in [0.05, 0.1) is 6.10 Å². The third-order valence-electron chi connectivity index (χ3n) is 2.03. The SMILES string of the molecule is CC[C@H](O)C1=CC=C[C@H](O)[C@@H]1O. The molecule has 12 heavy (non-hydrogen) atoms. The largest absolute Gasteiger partial charge is 0.389 e. The van der Waals surface area contributed by atoms with E-state index < -0.39 is 18.3 Å². The maximum atomic E-state index is 9.41. The minimum absolute atomic E-state index is 0.493. The van der Waals surface area contributed by atoms with E-state index in [4.69, 9.17) is 0 Å². The Kier molecular flexibility index (Phi) is 3.03. The first-order valence-corrected chi connectivity index (χ1v) is 4.09. The highest BCUT2D eigenvalue weighted by Crippen LogP contribution is 2.18. The van der Waals surface area contributed by atoms with Crippen molar-refractivity contribution < 1.29 is 15.3 Å². The lowest BCUT2D eigenvalue weighted by Gasteiger charge is -2.24. The van der Waals surface area contributed by atoms with Crippen LogP contribution in [-0.2, 0) is 0 Å². The summed E-state index contributed by atoms with van der Waals surface area (Å²) in [5, 5.41) is 28.0. The first kappa shape index (κ1) is 9.45. The zero-order valence-corrected chi connectivity index (χ0v) is 7.01. The summed E-state index contributed by atoms with van der Waals surface area (Å²) in [4.78, 5) is 0. The quantitative estimate of drug-likeness (QED) is 0.545. The van der Waals surface area contributed by atoms with Gasteiger partial charge < -0.3 is 15.3 Å². The molecule has 3 nitrogen and oxygen atoms in total. The summed E-state index contributed by atoms with van der Waals surface area (Å²) in [5.41, 5.74) is 0.493. The van der Waals surface area contributed by atoms with Crippen LogP contribution in [0, 0.1) is 0 Å².